The van der Waals surface area contributed by atoms with Crippen molar-refractivity contribution < 1.29 is 0 Å². The molecule has 0 saturated heterocycles. The van der Waals surface area contributed by atoms with Crippen molar-refractivity contribution in [1.29, 1.82) is 0 Å². The van der Waals surface area contributed by atoms with Crippen LogP contribution >= 0.6 is 0 Å². The molecule has 0 radical (unpaired) electrons. The largest absolute Gasteiger partial charge is 0.0622 e. The highest BCUT2D eigenvalue weighted by atomic mass is 14.4. The maximum absolute atomic E-state index is 2.50. The molecule has 17 rings (SSSR count). The van der Waals surface area contributed by atoms with Gasteiger partial charge in [-0.2, -0.15) is 0 Å². The zero-order valence-electron chi connectivity index (χ0n) is 46.0. The van der Waals surface area contributed by atoms with E-state index in [1.165, 1.54) is 177 Å². The van der Waals surface area contributed by atoms with Crippen LogP contribution in [0.15, 0.2) is 315 Å². The minimum Gasteiger partial charge on any atom is -0.0622 e. The van der Waals surface area contributed by atoms with Crippen LogP contribution in [0.5, 0.6) is 0 Å². The Bertz CT molecular complexity index is 4840. The number of hydrogen-bond acceptors (Lipinski definition) is 0. The Labute approximate surface area is 489 Å². The molecule has 0 N–H and O–H groups in total. The van der Waals surface area contributed by atoms with Crippen LogP contribution in [0.1, 0.15) is 0 Å². The van der Waals surface area contributed by atoms with Crippen LogP contribution in [0.3, 0.4) is 0 Å². The SMILES string of the molecule is c1ccc(-c2cc3c(-c4ccccc4)c4c(c(-c5ccccc5)c3cc2-c2ccccc2)-c2ccc(-c3ccc5c6c(cccc36)-c3c(-c6ccccc6)c(-c6ccccc6)c(-c6ccccc6)c(-c6ccccc6)c3-5)c3cccc-4c23)cc1. The highest BCUT2D eigenvalue weighted by Crippen LogP contribution is 2.63. The lowest BCUT2D eigenvalue weighted by Crippen LogP contribution is -1.99. The van der Waals surface area contributed by atoms with Crippen LogP contribution in [0.2, 0.25) is 0 Å². The van der Waals surface area contributed by atoms with Gasteiger partial charge in [0.2, 0.25) is 0 Å². The molecule has 0 saturated carbocycles. The summed E-state index contributed by atoms with van der Waals surface area (Å²) in [5.41, 5.74) is 32.2. The monoisotopic (exact) mass is 1060 g/mol. The van der Waals surface area contributed by atoms with Gasteiger partial charge < -0.3 is 0 Å². The average Bonchev–Trinajstić information content (AvgIpc) is 1.58. The summed E-state index contributed by atoms with van der Waals surface area (Å²) in [4.78, 5) is 0. The Hall–Kier alpha value is -10.9. The summed E-state index contributed by atoms with van der Waals surface area (Å²) >= 11 is 0. The molecule has 15 aromatic carbocycles. The molecule has 0 heterocycles. The van der Waals surface area contributed by atoms with Gasteiger partial charge in [-0.05, 0) is 189 Å². The van der Waals surface area contributed by atoms with Crippen LogP contribution in [0.25, 0.3) is 177 Å². The Balaban J connectivity index is 0.963. The first-order valence-electron chi connectivity index (χ1n) is 29.2. The van der Waals surface area contributed by atoms with E-state index in [4.69, 9.17) is 0 Å². The first-order chi connectivity index (χ1) is 41.8. The standard InChI is InChI=1S/C84H52/c1-9-27-53(28-10-1)69-51-71-72(52-70(69)54-29-11-2-12-30-54)74(56-33-15-4-16-34-56)82-67-49-47-61(63-43-25-45-65(79(63)67)81(82)73(71)55-31-13-3-14-32-55)62-48-50-68-80-64(62)44-26-46-66(80)83-77(59-39-21-7-22-40-59)75(57-35-17-5-18-36-57)76(58-37-19-6-20-38-58)78(84(68)83)60-41-23-8-24-42-60/h1-52H. The number of benzene rings is 15. The van der Waals surface area contributed by atoms with Gasteiger partial charge in [0.15, 0.2) is 0 Å². The van der Waals surface area contributed by atoms with Gasteiger partial charge in [0, 0.05) is 0 Å². The highest BCUT2D eigenvalue weighted by Gasteiger charge is 2.36. The number of hydrogen-bond donors (Lipinski definition) is 0. The van der Waals surface area contributed by atoms with Crippen molar-refractivity contribution in [2.75, 3.05) is 0 Å². The van der Waals surface area contributed by atoms with Crippen LogP contribution in [-0.2, 0) is 0 Å². The lowest BCUT2D eigenvalue weighted by molar-refractivity contribution is 1.54. The van der Waals surface area contributed by atoms with Crippen molar-refractivity contribution in [2.45, 2.75) is 0 Å². The predicted molar refractivity (Wildman–Crippen MR) is 357 cm³/mol. The van der Waals surface area contributed by atoms with Gasteiger partial charge in [-0.25, -0.2) is 0 Å². The second-order valence-electron chi connectivity index (χ2n) is 22.4. The van der Waals surface area contributed by atoms with E-state index in [0.717, 1.165) is 0 Å². The summed E-state index contributed by atoms with van der Waals surface area (Å²) in [6.07, 6.45) is 0. The lowest BCUT2D eigenvalue weighted by Gasteiger charge is -2.26. The summed E-state index contributed by atoms with van der Waals surface area (Å²) in [5.74, 6) is 0. The number of fused-ring (bicyclic) bond motifs is 7. The average molecular weight is 1060 g/mol. The molecule has 0 nitrogen and oxygen atoms in total. The highest BCUT2D eigenvalue weighted by molar-refractivity contribution is 6.32. The molecule has 2 aliphatic rings. The van der Waals surface area contributed by atoms with Gasteiger partial charge in [0.05, 0.1) is 0 Å². The van der Waals surface area contributed by atoms with E-state index in [1.54, 1.807) is 0 Å². The molecule has 15 aromatic rings. The van der Waals surface area contributed by atoms with Crippen LogP contribution in [0.4, 0.5) is 0 Å². The van der Waals surface area contributed by atoms with Crippen molar-refractivity contribution in [3.63, 3.8) is 0 Å². The Morgan fingerprint density at radius 3 is 0.643 bits per heavy atom. The van der Waals surface area contributed by atoms with Crippen molar-refractivity contribution in [1.82, 2.24) is 0 Å². The Morgan fingerprint density at radius 1 is 0.119 bits per heavy atom. The molecular weight excluding hydrogens is 1010 g/mol. The zero-order valence-corrected chi connectivity index (χ0v) is 46.0. The topological polar surface area (TPSA) is 0 Å². The smallest absolute Gasteiger partial charge is 0.000718 e. The van der Waals surface area contributed by atoms with Gasteiger partial charge in [-0.3, -0.25) is 0 Å². The van der Waals surface area contributed by atoms with E-state index < -0.39 is 0 Å². The van der Waals surface area contributed by atoms with E-state index in [9.17, 15) is 0 Å². The maximum atomic E-state index is 2.50. The van der Waals surface area contributed by atoms with Crippen molar-refractivity contribution >= 4 is 32.3 Å². The van der Waals surface area contributed by atoms with Gasteiger partial charge in [-0.15, -0.1) is 0 Å². The Morgan fingerprint density at radius 2 is 0.345 bits per heavy atom. The molecule has 0 aliphatic heterocycles. The molecule has 0 fully saturated rings. The summed E-state index contributed by atoms with van der Waals surface area (Å²) < 4.78 is 0. The van der Waals surface area contributed by atoms with Gasteiger partial charge >= 0.3 is 0 Å². The van der Waals surface area contributed by atoms with Crippen molar-refractivity contribution in [2.24, 2.45) is 0 Å². The molecule has 0 atom stereocenters. The van der Waals surface area contributed by atoms with Crippen molar-refractivity contribution in [3.05, 3.63) is 315 Å². The molecule has 0 bridgehead atoms. The molecule has 0 spiro atoms. The minimum atomic E-state index is 1.19. The fraction of sp³-hybridized carbons (Fsp3) is 0. The third-order valence-electron chi connectivity index (χ3n) is 17.9. The second-order valence-corrected chi connectivity index (χ2v) is 22.4. The summed E-state index contributed by atoms with van der Waals surface area (Å²) in [6.45, 7) is 0. The first kappa shape index (κ1) is 47.8. The minimum absolute atomic E-state index is 1.19. The molecule has 84 heavy (non-hydrogen) atoms. The van der Waals surface area contributed by atoms with E-state index in [-0.39, 0.29) is 0 Å². The van der Waals surface area contributed by atoms with Gasteiger partial charge in [0.1, 0.15) is 0 Å². The van der Waals surface area contributed by atoms with Crippen LogP contribution < -0.4 is 0 Å². The molecule has 0 aromatic heterocycles. The summed E-state index contributed by atoms with van der Waals surface area (Å²) in [6, 6.07) is 118. The number of rotatable bonds is 9. The maximum Gasteiger partial charge on any atom is -0.000718 e. The molecule has 388 valence electrons. The third-order valence-corrected chi connectivity index (χ3v) is 17.9. The fourth-order valence-corrected chi connectivity index (χ4v) is 14.6. The van der Waals surface area contributed by atoms with Gasteiger partial charge in [-0.1, -0.05) is 303 Å². The normalized spacial score (nSPS) is 11.8. The quantitative estimate of drug-likeness (QED) is 0.135. The Kier molecular flexibility index (Phi) is 11.0. The molecular formula is C84H52. The van der Waals surface area contributed by atoms with E-state index in [1.807, 2.05) is 0 Å². The second kappa shape index (κ2) is 19.4. The van der Waals surface area contributed by atoms with Crippen LogP contribution in [0, 0.1) is 0 Å². The fourth-order valence-electron chi connectivity index (χ4n) is 14.6. The van der Waals surface area contributed by atoms with Crippen molar-refractivity contribution in [3.8, 4) is 145 Å². The first-order valence-corrected chi connectivity index (χ1v) is 29.2. The predicted octanol–water partition coefficient (Wildman–Crippen LogP) is 23.4. The molecule has 0 unspecified atom stereocenters. The summed E-state index contributed by atoms with van der Waals surface area (Å²) in [7, 11) is 0. The van der Waals surface area contributed by atoms with E-state index >= 15 is 0 Å². The zero-order chi connectivity index (χ0) is 55.2. The lowest BCUT2D eigenvalue weighted by atomic mass is 9.76. The van der Waals surface area contributed by atoms with E-state index in [2.05, 4.69) is 315 Å². The third kappa shape index (κ3) is 7.27. The summed E-state index contributed by atoms with van der Waals surface area (Å²) in [5, 5.41) is 7.57. The van der Waals surface area contributed by atoms with Crippen LogP contribution in [-0.4, -0.2) is 0 Å². The van der Waals surface area contributed by atoms with E-state index in [0.29, 0.717) is 0 Å². The molecule has 0 heteroatoms. The molecule has 0 amide bonds. The molecule has 2 aliphatic carbocycles. The van der Waals surface area contributed by atoms with Gasteiger partial charge in [0.25, 0.3) is 0 Å².